The van der Waals surface area contributed by atoms with Crippen molar-refractivity contribution in [1.82, 2.24) is 5.16 Å². The number of hydrogen-bond donors (Lipinski definition) is 1. The standard InChI is InChI=1S/C17H22N2O3/c1-11-8-6-7-9-13(11)21-12(2)16(20)18-15-10-14(22-19-15)17(3,4)5/h6-10,12H,1-5H3,(H,18,19,20). The van der Waals surface area contributed by atoms with Crippen LogP contribution in [0, 0.1) is 6.92 Å². The van der Waals surface area contributed by atoms with Crippen LogP contribution in [-0.2, 0) is 10.2 Å². The lowest BCUT2D eigenvalue weighted by atomic mass is 9.93. The zero-order valence-corrected chi connectivity index (χ0v) is 13.6. The first-order valence-electron chi connectivity index (χ1n) is 7.27. The molecule has 1 aromatic heterocycles. The first-order chi connectivity index (χ1) is 10.3. The Morgan fingerprint density at radius 2 is 2.00 bits per heavy atom. The molecule has 0 spiro atoms. The third-order valence-corrected chi connectivity index (χ3v) is 3.27. The van der Waals surface area contributed by atoms with E-state index in [0.29, 0.717) is 11.6 Å². The summed E-state index contributed by atoms with van der Waals surface area (Å²) in [6, 6.07) is 9.31. The predicted octanol–water partition coefficient (Wildman–Crippen LogP) is 3.69. The molecule has 0 aliphatic rings. The number of aryl methyl sites for hydroxylation is 1. The number of para-hydroxylation sites is 1. The largest absolute Gasteiger partial charge is 0.481 e. The highest BCUT2D eigenvalue weighted by atomic mass is 16.5. The Kier molecular flexibility index (Phi) is 4.54. The topological polar surface area (TPSA) is 64.4 Å². The van der Waals surface area contributed by atoms with Crippen molar-refractivity contribution in [3.05, 3.63) is 41.7 Å². The van der Waals surface area contributed by atoms with Crippen molar-refractivity contribution >= 4 is 11.7 Å². The van der Waals surface area contributed by atoms with Gasteiger partial charge in [-0.1, -0.05) is 44.1 Å². The Labute approximate surface area is 130 Å². The molecule has 1 unspecified atom stereocenters. The molecule has 118 valence electrons. The van der Waals surface area contributed by atoms with E-state index in [0.717, 1.165) is 11.3 Å². The van der Waals surface area contributed by atoms with Crippen LogP contribution >= 0.6 is 0 Å². The van der Waals surface area contributed by atoms with E-state index in [4.69, 9.17) is 9.26 Å². The van der Waals surface area contributed by atoms with Gasteiger partial charge in [-0.15, -0.1) is 0 Å². The normalized spacial score (nSPS) is 12.8. The summed E-state index contributed by atoms with van der Waals surface area (Å²) in [5.74, 6) is 1.54. The maximum absolute atomic E-state index is 12.2. The molecule has 0 aliphatic carbocycles. The maximum Gasteiger partial charge on any atom is 0.266 e. The SMILES string of the molecule is Cc1ccccc1OC(C)C(=O)Nc1cc(C(C)(C)C)on1. The van der Waals surface area contributed by atoms with Gasteiger partial charge >= 0.3 is 0 Å². The lowest BCUT2D eigenvalue weighted by Crippen LogP contribution is -2.30. The lowest BCUT2D eigenvalue weighted by molar-refractivity contribution is -0.122. The van der Waals surface area contributed by atoms with Crippen molar-refractivity contribution in [2.75, 3.05) is 5.32 Å². The van der Waals surface area contributed by atoms with Crippen molar-refractivity contribution in [2.45, 2.75) is 46.1 Å². The smallest absolute Gasteiger partial charge is 0.266 e. The van der Waals surface area contributed by atoms with E-state index in [-0.39, 0.29) is 11.3 Å². The highest BCUT2D eigenvalue weighted by Gasteiger charge is 2.22. The van der Waals surface area contributed by atoms with Crippen LogP contribution < -0.4 is 10.1 Å². The number of anilines is 1. The zero-order valence-electron chi connectivity index (χ0n) is 13.6. The number of aromatic nitrogens is 1. The van der Waals surface area contributed by atoms with E-state index in [1.165, 1.54) is 0 Å². The van der Waals surface area contributed by atoms with Gasteiger partial charge in [0, 0.05) is 11.5 Å². The highest BCUT2D eigenvalue weighted by molar-refractivity contribution is 5.93. The van der Waals surface area contributed by atoms with Crippen LogP contribution in [0.25, 0.3) is 0 Å². The Hall–Kier alpha value is -2.30. The molecule has 2 aromatic rings. The molecular weight excluding hydrogens is 280 g/mol. The number of hydrogen-bond acceptors (Lipinski definition) is 4. The lowest BCUT2D eigenvalue weighted by Gasteiger charge is -2.15. The molecule has 0 bridgehead atoms. The summed E-state index contributed by atoms with van der Waals surface area (Å²) in [6.07, 6.45) is -0.629. The Morgan fingerprint density at radius 3 is 2.59 bits per heavy atom. The number of amides is 1. The molecule has 1 heterocycles. The molecule has 1 N–H and O–H groups in total. The maximum atomic E-state index is 12.2. The summed E-state index contributed by atoms with van der Waals surface area (Å²) < 4.78 is 10.9. The van der Waals surface area contributed by atoms with Crippen LogP contribution in [0.2, 0.25) is 0 Å². The van der Waals surface area contributed by atoms with Gasteiger partial charge in [0.15, 0.2) is 11.9 Å². The van der Waals surface area contributed by atoms with Crippen molar-refractivity contribution in [2.24, 2.45) is 0 Å². The molecule has 22 heavy (non-hydrogen) atoms. The van der Waals surface area contributed by atoms with E-state index >= 15 is 0 Å². The number of nitrogens with zero attached hydrogens (tertiary/aromatic N) is 1. The zero-order chi connectivity index (χ0) is 16.3. The van der Waals surface area contributed by atoms with Crippen LogP contribution in [0.5, 0.6) is 5.75 Å². The van der Waals surface area contributed by atoms with Crippen LogP contribution in [0.4, 0.5) is 5.82 Å². The van der Waals surface area contributed by atoms with Gasteiger partial charge in [-0.3, -0.25) is 4.79 Å². The third-order valence-electron chi connectivity index (χ3n) is 3.27. The quantitative estimate of drug-likeness (QED) is 0.935. The van der Waals surface area contributed by atoms with E-state index < -0.39 is 6.10 Å². The van der Waals surface area contributed by atoms with Crippen molar-refractivity contribution in [3.8, 4) is 5.75 Å². The fraction of sp³-hybridized carbons (Fsp3) is 0.412. The summed E-state index contributed by atoms with van der Waals surface area (Å²) in [4.78, 5) is 12.2. The van der Waals surface area contributed by atoms with Crippen molar-refractivity contribution in [3.63, 3.8) is 0 Å². The summed E-state index contributed by atoms with van der Waals surface area (Å²) in [6.45, 7) is 9.69. The molecule has 0 radical (unpaired) electrons. The fourth-order valence-electron chi connectivity index (χ4n) is 1.85. The highest BCUT2D eigenvalue weighted by Crippen LogP contribution is 2.24. The third kappa shape index (κ3) is 3.87. The van der Waals surface area contributed by atoms with E-state index in [1.54, 1.807) is 13.0 Å². The van der Waals surface area contributed by atoms with Crippen LogP contribution in [-0.4, -0.2) is 17.2 Å². The van der Waals surface area contributed by atoms with Crippen molar-refractivity contribution < 1.29 is 14.1 Å². The Bertz CT molecular complexity index is 656. The second-order valence-corrected chi connectivity index (χ2v) is 6.34. The molecule has 1 amide bonds. The van der Waals surface area contributed by atoms with Crippen LogP contribution in [0.15, 0.2) is 34.9 Å². The summed E-state index contributed by atoms with van der Waals surface area (Å²) >= 11 is 0. The van der Waals surface area contributed by atoms with Crippen molar-refractivity contribution in [1.29, 1.82) is 0 Å². The summed E-state index contributed by atoms with van der Waals surface area (Å²) in [7, 11) is 0. The average molecular weight is 302 g/mol. The molecule has 5 nitrogen and oxygen atoms in total. The molecule has 1 aromatic carbocycles. The van der Waals surface area contributed by atoms with Crippen LogP contribution in [0.3, 0.4) is 0 Å². The number of carbonyl (C=O) groups is 1. The number of rotatable bonds is 4. The molecule has 0 fully saturated rings. The van der Waals surface area contributed by atoms with E-state index in [9.17, 15) is 4.79 Å². The first-order valence-corrected chi connectivity index (χ1v) is 7.27. The Balaban J connectivity index is 2.00. The molecule has 5 heteroatoms. The fourth-order valence-corrected chi connectivity index (χ4v) is 1.85. The van der Waals surface area contributed by atoms with Gasteiger partial charge in [0.1, 0.15) is 11.5 Å². The molecule has 1 atom stereocenters. The molecule has 0 saturated carbocycles. The number of benzene rings is 1. The summed E-state index contributed by atoms with van der Waals surface area (Å²) in [5.41, 5.74) is 0.831. The minimum absolute atomic E-state index is 0.154. The van der Waals surface area contributed by atoms with Gasteiger partial charge < -0.3 is 14.6 Å². The van der Waals surface area contributed by atoms with Gasteiger partial charge in [-0.05, 0) is 25.5 Å². The molecule has 0 saturated heterocycles. The van der Waals surface area contributed by atoms with Crippen LogP contribution in [0.1, 0.15) is 39.0 Å². The number of ether oxygens (including phenoxy) is 1. The molecule has 0 aliphatic heterocycles. The second kappa shape index (κ2) is 6.22. The monoisotopic (exact) mass is 302 g/mol. The van der Waals surface area contributed by atoms with Gasteiger partial charge in [0.25, 0.3) is 5.91 Å². The second-order valence-electron chi connectivity index (χ2n) is 6.34. The van der Waals surface area contributed by atoms with E-state index in [2.05, 4.69) is 10.5 Å². The van der Waals surface area contributed by atoms with Gasteiger partial charge in [0.2, 0.25) is 0 Å². The summed E-state index contributed by atoms with van der Waals surface area (Å²) in [5, 5.41) is 6.57. The van der Waals surface area contributed by atoms with Gasteiger partial charge in [0.05, 0.1) is 0 Å². The first kappa shape index (κ1) is 16.1. The average Bonchev–Trinajstić information content (AvgIpc) is 2.89. The minimum atomic E-state index is -0.629. The van der Waals surface area contributed by atoms with E-state index in [1.807, 2.05) is 52.0 Å². The van der Waals surface area contributed by atoms with Gasteiger partial charge in [-0.2, -0.15) is 0 Å². The molecule has 2 rings (SSSR count). The van der Waals surface area contributed by atoms with Gasteiger partial charge in [-0.25, -0.2) is 0 Å². The molecular formula is C17H22N2O3. The Morgan fingerprint density at radius 1 is 1.32 bits per heavy atom. The minimum Gasteiger partial charge on any atom is -0.481 e. The predicted molar refractivity (Wildman–Crippen MR) is 85.1 cm³/mol. The number of nitrogens with one attached hydrogen (secondary N) is 1. The number of carbonyl (C=O) groups excluding carboxylic acids is 1.